The average molecular weight is 464 g/mol. The molecule has 10 heteroatoms. The Hall–Kier alpha value is -1.32. The lowest BCUT2D eigenvalue weighted by molar-refractivity contribution is 0.0984. The highest BCUT2D eigenvalue weighted by Gasteiger charge is 2.26. The highest BCUT2D eigenvalue weighted by molar-refractivity contribution is 7.22. The summed E-state index contributed by atoms with van der Waals surface area (Å²) in [5, 5.41) is 0.287. The molecule has 3 aromatic rings. The van der Waals surface area contributed by atoms with E-state index in [0.717, 1.165) is 41.8 Å². The molecular weight excluding hydrogens is 447 g/mol. The van der Waals surface area contributed by atoms with Gasteiger partial charge in [0.1, 0.15) is 15.7 Å². The Morgan fingerprint density at radius 2 is 1.82 bits per heavy atom. The van der Waals surface area contributed by atoms with Crippen molar-refractivity contribution in [3.05, 3.63) is 44.1 Å². The van der Waals surface area contributed by atoms with Crippen LogP contribution in [0.4, 0.5) is 13.9 Å². The van der Waals surface area contributed by atoms with E-state index in [0.29, 0.717) is 22.1 Å². The zero-order chi connectivity index (χ0) is 20.4. The van der Waals surface area contributed by atoms with Gasteiger partial charge in [0.05, 0.1) is 14.6 Å². The van der Waals surface area contributed by atoms with E-state index in [1.165, 1.54) is 17.0 Å². The van der Waals surface area contributed by atoms with Crippen molar-refractivity contribution in [2.24, 2.45) is 0 Å². The summed E-state index contributed by atoms with van der Waals surface area (Å²) in [6, 6.07) is 3.50. The molecule has 0 aliphatic rings. The van der Waals surface area contributed by atoms with Crippen molar-refractivity contribution in [1.82, 2.24) is 9.88 Å². The van der Waals surface area contributed by atoms with E-state index in [2.05, 4.69) is 9.88 Å². The molecule has 0 N–H and O–H groups in total. The van der Waals surface area contributed by atoms with Gasteiger partial charge in [-0.05, 0) is 25.2 Å². The molecule has 2 aromatic heterocycles. The number of thiophene rings is 1. The minimum Gasteiger partial charge on any atom is -0.302 e. The maximum atomic E-state index is 14.1. The van der Waals surface area contributed by atoms with Crippen molar-refractivity contribution in [3.8, 4) is 0 Å². The Labute approximate surface area is 179 Å². The highest BCUT2D eigenvalue weighted by Crippen LogP contribution is 2.35. The van der Waals surface area contributed by atoms with Crippen LogP contribution in [-0.2, 0) is 0 Å². The lowest BCUT2D eigenvalue weighted by Gasteiger charge is -2.24. The third kappa shape index (κ3) is 4.46. The van der Waals surface area contributed by atoms with Gasteiger partial charge in [-0.15, -0.1) is 11.3 Å². The fourth-order valence-electron chi connectivity index (χ4n) is 2.76. The molecule has 28 heavy (non-hydrogen) atoms. The number of rotatable bonds is 7. The summed E-state index contributed by atoms with van der Waals surface area (Å²) in [6.07, 6.45) is 0. The van der Waals surface area contributed by atoms with Crippen LogP contribution in [0.5, 0.6) is 0 Å². The molecule has 0 aliphatic carbocycles. The zero-order valence-electron chi connectivity index (χ0n) is 15.1. The fraction of sp³-hybridized carbons (Fsp3) is 0.333. The third-order valence-corrected chi connectivity index (χ3v) is 6.81. The minimum absolute atomic E-state index is 0.0384. The quantitative estimate of drug-likeness (QED) is 0.435. The number of nitrogens with zero attached hydrogens (tertiary/aromatic N) is 3. The molecule has 0 saturated carbocycles. The Balaban J connectivity index is 2.01. The van der Waals surface area contributed by atoms with E-state index in [-0.39, 0.29) is 26.5 Å². The van der Waals surface area contributed by atoms with Crippen LogP contribution in [-0.4, -0.2) is 42.0 Å². The van der Waals surface area contributed by atoms with E-state index in [4.69, 9.17) is 23.2 Å². The van der Waals surface area contributed by atoms with Gasteiger partial charge >= 0.3 is 0 Å². The minimum atomic E-state index is -0.759. The molecule has 0 aliphatic heterocycles. The van der Waals surface area contributed by atoms with E-state index in [9.17, 15) is 13.6 Å². The normalized spacial score (nSPS) is 11.5. The molecule has 1 amide bonds. The summed E-state index contributed by atoms with van der Waals surface area (Å²) >= 11 is 14.3. The largest absolute Gasteiger partial charge is 0.302 e. The topological polar surface area (TPSA) is 36.4 Å². The molecule has 0 atom stereocenters. The van der Waals surface area contributed by atoms with Crippen LogP contribution >= 0.6 is 45.9 Å². The van der Waals surface area contributed by atoms with Gasteiger partial charge in [-0.1, -0.05) is 48.4 Å². The Morgan fingerprint density at radius 3 is 2.43 bits per heavy atom. The number of anilines is 1. The van der Waals surface area contributed by atoms with Gasteiger partial charge in [-0.2, -0.15) is 0 Å². The first kappa shape index (κ1) is 21.4. The first-order chi connectivity index (χ1) is 13.3. The highest BCUT2D eigenvalue weighted by atomic mass is 35.5. The Morgan fingerprint density at radius 1 is 1.11 bits per heavy atom. The molecule has 0 bridgehead atoms. The van der Waals surface area contributed by atoms with Gasteiger partial charge < -0.3 is 4.90 Å². The van der Waals surface area contributed by atoms with Crippen LogP contribution in [0.2, 0.25) is 8.67 Å². The van der Waals surface area contributed by atoms with E-state index < -0.39 is 11.6 Å². The molecule has 4 nitrogen and oxygen atoms in total. The van der Waals surface area contributed by atoms with Gasteiger partial charge in [0.2, 0.25) is 0 Å². The number of likely N-dealkylation sites (N-methyl/N-ethyl adjacent to an activating group) is 1. The number of fused-ring (bicyclic) bond motifs is 1. The van der Waals surface area contributed by atoms with Crippen LogP contribution in [0.15, 0.2) is 18.2 Å². The molecule has 1 aromatic carbocycles. The monoisotopic (exact) mass is 463 g/mol. The van der Waals surface area contributed by atoms with Crippen LogP contribution in [0.3, 0.4) is 0 Å². The second-order valence-corrected chi connectivity index (χ2v) is 9.25. The first-order valence-corrected chi connectivity index (χ1v) is 11.0. The Bertz CT molecular complexity index is 1000. The lowest BCUT2D eigenvalue weighted by Crippen LogP contribution is -2.38. The number of hydrogen-bond acceptors (Lipinski definition) is 5. The van der Waals surface area contributed by atoms with Crippen molar-refractivity contribution >= 4 is 67.1 Å². The molecular formula is C18H17Cl2F2N3OS2. The predicted molar refractivity (Wildman–Crippen MR) is 113 cm³/mol. The molecule has 3 rings (SSSR count). The van der Waals surface area contributed by atoms with Crippen molar-refractivity contribution in [2.45, 2.75) is 13.8 Å². The fourth-order valence-corrected chi connectivity index (χ4v) is 5.24. The maximum absolute atomic E-state index is 14.1. The molecule has 0 fully saturated rings. The first-order valence-electron chi connectivity index (χ1n) is 8.58. The van der Waals surface area contributed by atoms with Gasteiger partial charge in [-0.25, -0.2) is 13.8 Å². The second kappa shape index (κ2) is 9.00. The summed E-state index contributed by atoms with van der Waals surface area (Å²) in [5.74, 6) is -1.82. The molecule has 0 saturated heterocycles. The van der Waals surface area contributed by atoms with Crippen LogP contribution < -0.4 is 4.90 Å². The summed E-state index contributed by atoms with van der Waals surface area (Å²) in [4.78, 5) is 21.0. The zero-order valence-corrected chi connectivity index (χ0v) is 18.3. The number of amides is 1. The number of benzene rings is 1. The second-order valence-electron chi connectivity index (χ2n) is 5.95. The average Bonchev–Trinajstić information content (AvgIpc) is 3.21. The smallest absolute Gasteiger partial charge is 0.262 e. The summed E-state index contributed by atoms with van der Waals surface area (Å²) < 4.78 is 28.7. The van der Waals surface area contributed by atoms with E-state index in [1.807, 2.05) is 13.8 Å². The van der Waals surface area contributed by atoms with E-state index >= 15 is 0 Å². The van der Waals surface area contributed by atoms with Crippen LogP contribution in [0.25, 0.3) is 10.2 Å². The number of thiazole rings is 1. The molecule has 0 radical (unpaired) electrons. The molecule has 150 valence electrons. The summed E-state index contributed by atoms with van der Waals surface area (Å²) in [6.45, 7) is 6.63. The molecule has 2 heterocycles. The van der Waals surface area contributed by atoms with Crippen molar-refractivity contribution in [1.29, 1.82) is 0 Å². The lowest BCUT2D eigenvalue weighted by atomic mass is 10.3. The summed E-state index contributed by atoms with van der Waals surface area (Å²) in [7, 11) is 0. The van der Waals surface area contributed by atoms with Gasteiger partial charge in [0.25, 0.3) is 5.91 Å². The summed E-state index contributed by atoms with van der Waals surface area (Å²) in [5.41, 5.74) is 0.304. The maximum Gasteiger partial charge on any atom is 0.262 e. The van der Waals surface area contributed by atoms with Crippen molar-refractivity contribution < 1.29 is 13.6 Å². The standard InChI is InChI=1S/C18H17Cl2F2N3OS2/c1-3-24(4-2)5-6-25(17(26)11-9-14(19)28-16(11)20)18-23-15-12(22)7-10(21)8-13(15)27-18/h7-9H,3-6H2,1-2H3. The van der Waals surface area contributed by atoms with Crippen LogP contribution in [0.1, 0.15) is 24.2 Å². The number of carbonyl (C=O) groups excluding carboxylic acids is 1. The van der Waals surface area contributed by atoms with Crippen molar-refractivity contribution in [3.63, 3.8) is 0 Å². The van der Waals surface area contributed by atoms with Crippen molar-refractivity contribution in [2.75, 3.05) is 31.1 Å². The van der Waals surface area contributed by atoms with Gasteiger partial charge in [0.15, 0.2) is 10.9 Å². The number of aromatic nitrogens is 1. The molecule has 0 unspecified atom stereocenters. The third-order valence-electron chi connectivity index (χ3n) is 4.30. The number of hydrogen-bond donors (Lipinski definition) is 0. The number of carbonyl (C=O) groups is 1. The SMILES string of the molecule is CCN(CC)CCN(C(=O)c1cc(Cl)sc1Cl)c1nc2c(F)cc(F)cc2s1. The van der Waals surface area contributed by atoms with E-state index in [1.54, 1.807) is 0 Å². The number of halogens is 4. The predicted octanol–water partition coefficient (Wildman–Crippen LogP) is 5.93. The van der Waals surface area contributed by atoms with Crippen LogP contribution in [0, 0.1) is 11.6 Å². The molecule has 0 spiro atoms. The van der Waals surface area contributed by atoms with Gasteiger partial charge in [0, 0.05) is 19.2 Å². The van der Waals surface area contributed by atoms with Gasteiger partial charge in [-0.3, -0.25) is 9.69 Å². The Kier molecular flexibility index (Phi) is 6.88.